The van der Waals surface area contributed by atoms with Crippen LogP contribution in [0.2, 0.25) is 0 Å². The summed E-state index contributed by atoms with van der Waals surface area (Å²) in [7, 11) is -3.01. The third-order valence-corrected chi connectivity index (χ3v) is 6.16. The van der Waals surface area contributed by atoms with E-state index in [4.69, 9.17) is 4.52 Å². The molecule has 0 spiro atoms. The topological polar surface area (TPSA) is 142 Å². The fraction of sp³-hybridized carbons (Fsp3) is 0.190. The summed E-state index contributed by atoms with van der Waals surface area (Å²) in [5, 5.41) is 11.3. The van der Waals surface area contributed by atoms with Gasteiger partial charge in [-0.3, -0.25) is 4.72 Å². The van der Waals surface area contributed by atoms with Crippen molar-refractivity contribution in [1.82, 2.24) is 25.1 Å². The van der Waals surface area contributed by atoms with Crippen LogP contribution in [-0.2, 0) is 33.9 Å². The summed E-state index contributed by atoms with van der Waals surface area (Å²) in [5.74, 6) is -0.0667. The van der Waals surface area contributed by atoms with Gasteiger partial charge < -0.3 is 9.26 Å². The number of esters is 1. The number of ether oxygens (including phenoxy) is 1. The number of alkyl halides is 3. The first-order chi connectivity index (χ1) is 17.0. The molecule has 2 heterocycles. The van der Waals surface area contributed by atoms with Crippen molar-refractivity contribution in [3.8, 4) is 0 Å². The van der Waals surface area contributed by atoms with Crippen LogP contribution in [-0.4, -0.2) is 46.6 Å². The van der Waals surface area contributed by atoms with Crippen molar-refractivity contribution >= 4 is 21.7 Å². The molecule has 4 rings (SSSR count). The molecule has 0 radical (unpaired) electrons. The lowest BCUT2D eigenvalue weighted by molar-refractivity contribution is -0.137. The first kappa shape index (κ1) is 24.8. The van der Waals surface area contributed by atoms with Gasteiger partial charge in [-0.2, -0.15) is 18.2 Å². The van der Waals surface area contributed by atoms with Gasteiger partial charge in [0.05, 0.1) is 30.2 Å². The highest BCUT2D eigenvalue weighted by atomic mass is 32.2. The quantitative estimate of drug-likeness (QED) is 0.346. The molecule has 0 atom stereocenters. The number of methoxy groups -OCH3 is 1. The van der Waals surface area contributed by atoms with E-state index in [1.54, 1.807) is 12.1 Å². The standard InChI is InChI=1S/C21H17F3N6O5S/c1-34-20(31)17-11-30(29-26-17)12-18-25-19(35-27-18)9-13-5-7-15(8-6-13)28-36(32,33)16-4-2-3-14(10-16)21(22,23)24/h2-8,10-11,28H,9,12H2,1H3. The van der Waals surface area contributed by atoms with E-state index in [1.165, 1.54) is 30.1 Å². The van der Waals surface area contributed by atoms with Gasteiger partial charge >= 0.3 is 12.1 Å². The minimum absolute atomic E-state index is 0.0324. The lowest BCUT2D eigenvalue weighted by Crippen LogP contribution is -2.14. The second-order valence-electron chi connectivity index (χ2n) is 7.40. The summed E-state index contributed by atoms with van der Waals surface area (Å²) >= 11 is 0. The molecule has 15 heteroatoms. The summed E-state index contributed by atoms with van der Waals surface area (Å²) in [5.41, 5.74) is -0.159. The van der Waals surface area contributed by atoms with Crippen LogP contribution in [0.3, 0.4) is 0 Å². The molecule has 0 bridgehead atoms. The average molecular weight is 522 g/mol. The molecule has 0 saturated heterocycles. The van der Waals surface area contributed by atoms with Crippen molar-refractivity contribution in [2.75, 3.05) is 11.8 Å². The highest BCUT2D eigenvalue weighted by Gasteiger charge is 2.31. The lowest BCUT2D eigenvalue weighted by atomic mass is 10.1. The molecule has 0 saturated carbocycles. The molecule has 2 aromatic carbocycles. The van der Waals surface area contributed by atoms with E-state index in [2.05, 4.69) is 29.9 Å². The molecule has 0 unspecified atom stereocenters. The number of benzene rings is 2. The first-order valence-electron chi connectivity index (χ1n) is 10.1. The predicted molar refractivity (Wildman–Crippen MR) is 116 cm³/mol. The van der Waals surface area contributed by atoms with E-state index in [1.807, 2.05) is 0 Å². The number of hydrogen-bond donors (Lipinski definition) is 1. The lowest BCUT2D eigenvalue weighted by Gasteiger charge is -2.11. The van der Waals surface area contributed by atoms with E-state index in [-0.39, 0.29) is 36.1 Å². The predicted octanol–water partition coefficient (Wildman–Crippen LogP) is 2.91. The van der Waals surface area contributed by atoms with Gasteiger partial charge in [-0.25, -0.2) is 17.9 Å². The van der Waals surface area contributed by atoms with Crippen molar-refractivity contribution in [3.05, 3.63) is 83.3 Å². The largest absolute Gasteiger partial charge is 0.464 e. The molecule has 36 heavy (non-hydrogen) atoms. The van der Waals surface area contributed by atoms with E-state index in [0.29, 0.717) is 11.6 Å². The summed E-state index contributed by atoms with van der Waals surface area (Å²) in [6.45, 7) is 0.101. The van der Waals surface area contributed by atoms with Gasteiger partial charge in [0.25, 0.3) is 10.0 Å². The maximum Gasteiger partial charge on any atom is 0.416 e. The van der Waals surface area contributed by atoms with E-state index < -0.39 is 32.6 Å². The molecule has 4 aromatic rings. The number of carbonyl (C=O) groups is 1. The molecule has 188 valence electrons. The fourth-order valence-electron chi connectivity index (χ4n) is 3.06. The number of nitrogens with zero attached hydrogens (tertiary/aromatic N) is 5. The summed E-state index contributed by atoms with van der Waals surface area (Å²) in [4.78, 5) is 15.2. The third-order valence-electron chi connectivity index (χ3n) is 4.78. The fourth-order valence-corrected chi connectivity index (χ4v) is 4.17. The summed E-state index contributed by atoms with van der Waals surface area (Å²) in [6, 6.07) is 9.60. The Morgan fingerprint density at radius 3 is 2.61 bits per heavy atom. The number of anilines is 1. The van der Waals surface area contributed by atoms with Crippen LogP contribution >= 0.6 is 0 Å². The van der Waals surface area contributed by atoms with Crippen LogP contribution in [0, 0.1) is 0 Å². The van der Waals surface area contributed by atoms with E-state index in [9.17, 15) is 26.4 Å². The Morgan fingerprint density at radius 2 is 1.92 bits per heavy atom. The van der Waals surface area contributed by atoms with E-state index >= 15 is 0 Å². The molecule has 1 N–H and O–H groups in total. The van der Waals surface area contributed by atoms with Gasteiger partial charge in [0.1, 0.15) is 6.54 Å². The Balaban J connectivity index is 1.39. The number of hydrogen-bond acceptors (Lipinski definition) is 9. The zero-order valence-corrected chi connectivity index (χ0v) is 19.2. The van der Waals surface area contributed by atoms with Crippen LogP contribution in [0.4, 0.5) is 18.9 Å². The maximum atomic E-state index is 12.9. The first-order valence-corrected chi connectivity index (χ1v) is 11.6. The van der Waals surface area contributed by atoms with Gasteiger partial charge in [-0.05, 0) is 35.9 Å². The highest BCUT2D eigenvalue weighted by Crippen LogP contribution is 2.31. The smallest absolute Gasteiger partial charge is 0.416 e. The number of rotatable bonds is 8. The van der Waals surface area contributed by atoms with Crippen LogP contribution < -0.4 is 4.72 Å². The average Bonchev–Trinajstić information content (AvgIpc) is 3.49. The molecule has 0 aliphatic heterocycles. The molecular formula is C21H17F3N6O5S. The second kappa shape index (κ2) is 9.77. The van der Waals surface area contributed by atoms with Crippen molar-refractivity contribution < 1.29 is 35.6 Å². The Hall–Kier alpha value is -4.27. The van der Waals surface area contributed by atoms with Crippen molar-refractivity contribution in [1.29, 1.82) is 0 Å². The van der Waals surface area contributed by atoms with Gasteiger partial charge in [0.15, 0.2) is 11.5 Å². The van der Waals surface area contributed by atoms with Crippen molar-refractivity contribution in [2.45, 2.75) is 24.0 Å². The summed E-state index contributed by atoms with van der Waals surface area (Å²) in [6.07, 6.45) is -3.05. The maximum absolute atomic E-state index is 12.9. The van der Waals surface area contributed by atoms with E-state index in [0.717, 1.165) is 18.2 Å². The van der Waals surface area contributed by atoms with Crippen LogP contribution in [0.1, 0.15) is 33.3 Å². The normalized spacial score (nSPS) is 11.9. The Kier molecular flexibility index (Phi) is 6.74. The molecular weight excluding hydrogens is 505 g/mol. The summed E-state index contributed by atoms with van der Waals surface area (Å²) < 4.78 is 77.1. The number of nitrogens with one attached hydrogen (secondary N) is 1. The van der Waals surface area contributed by atoms with Crippen LogP contribution in [0.25, 0.3) is 0 Å². The molecule has 0 amide bonds. The number of halogens is 3. The Morgan fingerprint density at radius 1 is 1.17 bits per heavy atom. The second-order valence-corrected chi connectivity index (χ2v) is 9.08. The number of carbonyl (C=O) groups excluding carboxylic acids is 1. The van der Waals surface area contributed by atoms with Crippen LogP contribution in [0.15, 0.2) is 64.1 Å². The monoisotopic (exact) mass is 522 g/mol. The molecule has 0 aliphatic carbocycles. The molecule has 0 fully saturated rings. The Bertz CT molecular complexity index is 1480. The minimum Gasteiger partial charge on any atom is -0.464 e. The molecule has 11 nitrogen and oxygen atoms in total. The van der Waals surface area contributed by atoms with Gasteiger partial charge in [0, 0.05) is 5.69 Å². The van der Waals surface area contributed by atoms with Crippen LogP contribution in [0.5, 0.6) is 0 Å². The van der Waals surface area contributed by atoms with Gasteiger partial charge in [-0.1, -0.05) is 28.6 Å². The number of aromatic nitrogens is 5. The SMILES string of the molecule is COC(=O)c1cn(Cc2noc(Cc3ccc(NS(=O)(=O)c4cccc(C(F)(F)F)c4)cc3)n2)nn1. The highest BCUT2D eigenvalue weighted by molar-refractivity contribution is 7.92. The Labute approximate surface area is 201 Å². The third kappa shape index (κ3) is 5.86. The molecule has 0 aliphatic rings. The van der Waals surface area contributed by atoms with Crippen molar-refractivity contribution in [2.24, 2.45) is 0 Å². The van der Waals surface area contributed by atoms with Crippen molar-refractivity contribution in [3.63, 3.8) is 0 Å². The van der Waals surface area contributed by atoms with Gasteiger partial charge in [0.2, 0.25) is 5.89 Å². The minimum atomic E-state index is -4.66. The zero-order valence-electron chi connectivity index (χ0n) is 18.4. The zero-order chi connectivity index (χ0) is 25.9. The molecule has 2 aromatic heterocycles. The number of sulfonamides is 1. The van der Waals surface area contributed by atoms with Gasteiger partial charge in [-0.15, -0.1) is 5.10 Å².